The average molecular weight is 318 g/mol. The fraction of sp³-hybridized carbons (Fsp3) is 0.278. The number of methoxy groups -OCH3 is 1. The summed E-state index contributed by atoms with van der Waals surface area (Å²) in [6.07, 6.45) is 0. The van der Waals surface area contributed by atoms with E-state index in [0.29, 0.717) is 5.02 Å². The van der Waals surface area contributed by atoms with Gasteiger partial charge < -0.3 is 10.1 Å². The molecule has 3 nitrogen and oxygen atoms in total. The molecule has 22 heavy (non-hydrogen) atoms. The van der Waals surface area contributed by atoms with Crippen LogP contribution in [0.25, 0.3) is 0 Å². The molecule has 116 valence electrons. The van der Waals surface area contributed by atoms with Crippen molar-refractivity contribution in [3.63, 3.8) is 0 Å². The number of hydrogen-bond acceptors (Lipinski definition) is 3. The summed E-state index contributed by atoms with van der Waals surface area (Å²) in [5, 5.41) is 4.02. The van der Waals surface area contributed by atoms with Crippen molar-refractivity contribution in [2.24, 2.45) is 5.41 Å². The maximum atomic E-state index is 12.2. The largest absolute Gasteiger partial charge is 0.469 e. The maximum Gasteiger partial charge on any atom is 0.313 e. The van der Waals surface area contributed by atoms with Gasteiger partial charge in [-0.2, -0.15) is 0 Å². The van der Waals surface area contributed by atoms with Gasteiger partial charge in [0.25, 0.3) is 0 Å². The number of hydrogen-bond donors (Lipinski definition) is 1. The van der Waals surface area contributed by atoms with Crippen LogP contribution in [0.2, 0.25) is 5.02 Å². The van der Waals surface area contributed by atoms with E-state index in [2.05, 4.69) is 5.32 Å². The quantitative estimate of drug-likeness (QED) is 0.813. The molecule has 0 aromatic heterocycles. The number of carbonyl (C=O) groups excluding carboxylic acids is 1. The van der Waals surface area contributed by atoms with Crippen LogP contribution >= 0.6 is 11.6 Å². The molecule has 4 heteroatoms. The van der Waals surface area contributed by atoms with Crippen molar-refractivity contribution in [2.75, 3.05) is 12.4 Å². The van der Waals surface area contributed by atoms with Crippen LogP contribution < -0.4 is 5.32 Å². The van der Waals surface area contributed by atoms with Crippen LogP contribution in [0.4, 0.5) is 5.69 Å². The smallest absolute Gasteiger partial charge is 0.313 e. The number of para-hydroxylation sites is 1. The molecular formula is C18H20ClNO2. The number of ether oxygens (including phenoxy) is 1. The second-order valence-corrected chi connectivity index (χ2v) is 6.09. The zero-order valence-corrected chi connectivity index (χ0v) is 13.7. The fourth-order valence-electron chi connectivity index (χ4n) is 2.44. The van der Waals surface area contributed by atoms with Crippen LogP contribution in [0.5, 0.6) is 0 Å². The molecule has 0 radical (unpaired) electrons. The Morgan fingerprint density at radius 3 is 2.27 bits per heavy atom. The lowest BCUT2D eigenvalue weighted by molar-refractivity contribution is -0.151. The molecule has 1 N–H and O–H groups in total. The molecule has 1 atom stereocenters. The summed E-state index contributed by atoms with van der Waals surface area (Å²) in [5.74, 6) is -0.291. The Hall–Kier alpha value is -2.00. The third-order valence-electron chi connectivity index (χ3n) is 3.73. The number of anilines is 1. The fourth-order valence-corrected chi connectivity index (χ4v) is 2.68. The van der Waals surface area contributed by atoms with Gasteiger partial charge in [0, 0.05) is 10.7 Å². The molecule has 0 aliphatic heterocycles. The van der Waals surface area contributed by atoms with Gasteiger partial charge in [-0.05, 0) is 37.6 Å². The predicted octanol–water partition coefficient (Wildman–Crippen LogP) is 4.69. The predicted molar refractivity (Wildman–Crippen MR) is 90.1 cm³/mol. The van der Waals surface area contributed by atoms with Crippen LogP contribution in [0.3, 0.4) is 0 Å². The van der Waals surface area contributed by atoms with E-state index in [0.717, 1.165) is 11.3 Å². The second kappa shape index (κ2) is 6.84. The number of benzene rings is 2. The van der Waals surface area contributed by atoms with Crippen molar-refractivity contribution >= 4 is 23.3 Å². The molecule has 0 amide bonds. The Labute approximate surface area is 136 Å². The zero-order chi connectivity index (χ0) is 16.2. The van der Waals surface area contributed by atoms with Gasteiger partial charge in [0.15, 0.2) is 0 Å². The summed E-state index contributed by atoms with van der Waals surface area (Å²) in [6.45, 7) is 3.70. The first-order chi connectivity index (χ1) is 10.5. The number of carbonyl (C=O) groups is 1. The van der Waals surface area contributed by atoms with Crippen molar-refractivity contribution in [3.05, 3.63) is 65.2 Å². The standard InChI is InChI=1S/C18H20ClNO2/c1-18(2,17(21)22-3)16(14-11-7-8-12-15(14)19)20-13-9-5-4-6-10-13/h4-12,16,20H,1-3H3. The molecule has 0 spiro atoms. The van der Waals surface area contributed by atoms with Crippen LogP contribution in [-0.2, 0) is 9.53 Å². The van der Waals surface area contributed by atoms with Crippen molar-refractivity contribution < 1.29 is 9.53 Å². The molecule has 1 unspecified atom stereocenters. The lowest BCUT2D eigenvalue weighted by Crippen LogP contribution is -2.37. The minimum atomic E-state index is -0.782. The minimum Gasteiger partial charge on any atom is -0.469 e. The van der Waals surface area contributed by atoms with Crippen molar-refractivity contribution in [2.45, 2.75) is 19.9 Å². The molecule has 0 aliphatic rings. The number of esters is 1. The van der Waals surface area contributed by atoms with E-state index < -0.39 is 5.41 Å². The highest BCUT2D eigenvalue weighted by atomic mass is 35.5. The Kier molecular flexibility index (Phi) is 5.09. The van der Waals surface area contributed by atoms with Gasteiger partial charge in [0.05, 0.1) is 18.6 Å². The monoisotopic (exact) mass is 317 g/mol. The molecule has 2 aromatic carbocycles. The van der Waals surface area contributed by atoms with E-state index in [1.165, 1.54) is 7.11 Å². The van der Waals surface area contributed by atoms with Gasteiger partial charge in [-0.3, -0.25) is 4.79 Å². The van der Waals surface area contributed by atoms with Crippen molar-refractivity contribution in [1.82, 2.24) is 0 Å². The Balaban J connectivity index is 2.45. The molecule has 2 aromatic rings. The summed E-state index contributed by atoms with van der Waals surface area (Å²) >= 11 is 6.35. The van der Waals surface area contributed by atoms with Crippen molar-refractivity contribution in [3.8, 4) is 0 Å². The average Bonchev–Trinajstić information content (AvgIpc) is 2.53. The first kappa shape index (κ1) is 16.4. The van der Waals surface area contributed by atoms with E-state index in [4.69, 9.17) is 16.3 Å². The third kappa shape index (κ3) is 3.42. The summed E-state index contributed by atoms with van der Waals surface area (Å²) < 4.78 is 4.97. The lowest BCUT2D eigenvalue weighted by Gasteiger charge is -2.34. The van der Waals surface area contributed by atoms with Gasteiger partial charge >= 0.3 is 5.97 Å². The van der Waals surface area contributed by atoms with E-state index in [1.807, 2.05) is 68.4 Å². The first-order valence-corrected chi connectivity index (χ1v) is 7.49. The van der Waals surface area contributed by atoms with Crippen LogP contribution in [0.15, 0.2) is 54.6 Å². The lowest BCUT2D eigenvalue weighted by atomic mass is 9.80. The molecule has 0 fully saturated rings. The van der Waals surface area contributed by atoms with Gasteiger partial charge in [-0.15, -0.1) is 0 Å². The first-order valence-electron chi connectivity index (χ1n) is 7.11. The highest BCUT2D eigenvalue weighted by molar-refractivity contribution is 6.31. The highest BCUT2D eigenvalue weighted by Gasteiger charge is 2.39. The molecular weight excluding hydrogens is 298 g/mol. The molecule has 0 aliphatic carbocycles. The van der Waals surface area contributed by atoms with Gasteiger partial charge in [0.2, 0.25) is 0 Å². The number of rotatable bonds is 5. The number of halogens is 1. The molecule has 2 rings (SSSR count). The molecule has 0 heterocycles. The summed E-state index contributed by atoms with van der Waals surface area (Å²) in [7, 11) is 1.40. The topological polar surface area (TPSA) is 38.3 Å². The maximum absolute atomic E-state index is 12.2. The van der Waals surface area contributed by atoms with E-state index in [-0.39, 0.29) is 12.0 Å². The van der Waals surface area contributed by atoms with Crippen molar-refractivity contribution in [1.29, 1.82) is 0 Å². The number of nitrogens with one attached hydrogen (secondary N) is 1. The van der Waals surface area contributed by atoms with Crippen LogP contribution in [0.1, 0.15) is 25.5 Å². The van der Waals surface area contributed by atoms with E-state index in [9.17, 15) is 4.79 Å². The Morgan fingerprint density at radius 1 is 1.09 bits per heavy atom. The zero-order valence-electron chi connectivity index (χ0n) is 13.0. The summed E-state index contributed by atoms with van der Waals surface area (Å²) in [6, 6.07) is 17.0. The molecule has 0 bridgehead atoms. The van der Waals surface area contributed by atoms with Gasteiger partial charge in [-0.1, -0.05) is 48.0 Å². The molecule has 0 saturated carbocycles. The van der Waals surface area contributed by atoms with Gasteiger partial charge in [0.1, 0.15) is 0 Å². The van der Waals surface area contributed by atoms with E-state index >= 15 is 0 Å². The molecule has 0 saturated heterocycles. The van der Waals surface area contributed by atoms with Crippen LogP contribution in [0, 0.1) is 5.41 Å². The van der Waals surface area contributed by atoms with Crippen LogP contribution in [-0.4, -0.2) is 13.1 Å². The second-order valence-electron chi connectivity index (χ2n) is 5.68. The highest BCUT2D eigenvalue weighted by Crippen LogP contribution is 2.40. The summed E-state index contributed by atoms with van der Waals surface area (Å²) in [5.41, 5.74) is 1.00. The SMILES string of the molecule is COC(=O)C(C)(C)C(Nc1ccccc1)c1ccccc1Cl. The normalized spacial score (nSPS) is 12.5. The van der Waals surface area contributed by atoms with E-state index in [1.54, 1.807) is 0 Å². The Morgan fingerprint density at radius 2 is 1.68 bits per heavy atom. The Bertz CT molecular complexity index is 641. The summed E-state index contributed by atoms with van der Waals surface area (Å²) in [4.78, 5) is 12.2. The third-order valence-corrected chi connectivity index (χ3v) is 4.08. The van der Waals surface area contributed by atoms with Gasteiger partial charge in [-0.25, -0.2) is 0 Å². The minimum absolute atomic E-state index is 0.291.